The summed E-state index contributed by atoms with van der Waals surface area (Å²) in [6.07, 6.45) is 3.81. The SMILES string of the molecule is Cc1cc(C)cc(-n2cncc2CNC(C)(C)C)c1. The van der Waals surface area contributed by atoms with E-state index in [0.29, 0.717) is 0 Å². The first-order valence-electron chi connectivity index (χ1n) is 6.70. The predicted octanol–water partition coefficient (Wildman–Crippen LogP) is 3.38. The number of hydrogen-bond acceptors (Lipinski definition) is 2. The summed E-state index contributed by atoms with van der Waals surface area (Å²) in [5, 5.41) is 3.50. The van der Waals surface area contributed by atoms with Crippen molar-refractivity contribution in [1.82, 2.24) is 14.9 Å². The molecule has 3 nitrogen and oxygen atoms in total. The second kappa shape index (κ2) is 5.17. The molecule has 19 heavy (non-hydrogen) atoms. The summed E-state index contributed by atoms with van der Waals surface area (Å²) in [5.41, 5.74) is 5.02. The predicted molar refractivity (Wildman–Crippen MR) is 79.6 cm³/mol. The number of rotatable bonds is 3. The first-order valence-corrected chi connectivity index (χ1v) is 6.70. The zero-order chi connectivity index (χ0) is 14.0. The molecule has 1 aromatic heterocycles. The Morgan fingerprint density at radius 2 is 1.74 bits per heavy atom. The van der Waals surface area contributed by atoms with E-state index in [0.717, 1.165) is 6.54 Å². The van der Waals surface area contributed by atoms with E-state index in [4.69, 9.17) is 0 Å². The van der Waals surface area contributed by atoms with E-state index in [1.807, 2.05) is 12.5 Å². The Morgan fingerprint density at radius 3 is 2.32 bits per heavy atom. The third-order valence-electron chi connectivity index (χ3n) is 3.00. The summed E-state index contributed by atoms with van der Waals surface area (Å²) in [6.45, 7) is 11.6. The molecule has 0 aliphatic carbocycles. The van der Waals surface area contributed by atoms with Gasteiger partial charge in [0.15, 0.2) is 0 Å². The summed E-state index contributed by atoms with van der Waals surface area (Å²) in [6, 6.07) is 6.57. The van der Waals surface area contributed by atoms with Crippen molar-refractivity contribution in [2.45, 2.75) is 46.7 Å². The Kier molecular flexibility index (Phi) is 3.76. The molecule has 0 saturated heterocycles. The summed E-state index contributed by atoms with van der Waals surface area (Å²) < 4.78 is 2.15. The van der Waals surface area contributed by atoms with Gasteiger partial charge in [0.2, 0.25) is 0 Å². The Labute approximate surface area is 115 Å². The molecular weight excluding hydrogens is 234 g/mol. The van der Waals surface area contributed by atoms with Crippen molar-refractivity contribution >= 4 is 0 Å². The van der Waals surface area contributed by atoms with Crippen LogP contribution in [0.3, 0.4) is 0 Å². The highest BCUT2D eigenvalue weighted by Gasteiger charge is 2.11. The number of aryl methyl sites for hydroxylation is 2. The Balaban J connectivity index is 2.28. The zero-order valence-electron chi connectivity index (χ0n) is 12.5. The fourth-order valence-corrected chi connectivity index (χ4v) is 2.13. The van der Waals surface area contributed by atoms with E-state index in [-0.39, 0.29) is 5.54 Å². The van der Waals surface area contributed by atoms with Crippen molar-refractivity contribution in [2.24, 2.45) is 0 Å². The lowest BCUT2D eigenvalue weighted by Crippen LogP contribution is -2.35. The van der Waals surface area contributed by atoms with Gasteiger partial charge in [-0.15, -0.1) is 0 Å². The molecule has 2 aromatic rings. The van der Waals surface area contributed by atoms with Crippen LogP contribution in [-0.2, 0) is 6.54 Å². The average molecular weight is 257 g/mol. The lowest BCUT2D eigenvalue weighted by molar-refractivity contribution is 0.419. The van der Waals surface area contributed by atoms with Crippen LogP contribution in [-0.4, -0.2) is 15.1 Å². The lowest BCUT2D eigenvalue weighted by Gasteiger charge is -2.21. The van der Waals surface area contributed by atoms with Crippen LogP contribution in [0.25, 0.3) is 5.69 Å². The third kappa shape index (κ3) is 3.67. The van der Waals surface area contributed by atoms with E-state index in [1.54, 1.807) is 0 Å². The fourth-order valence-electron chi connectivity index (χ4n) is 2.13. The highest BCUT2D eigenvalue weighted by atomic mass is 15.1. The molecule has 0 radical (unpaired) electrons. The van der Waals surface area contributed by atoms with Crippen molar-refractivity contribution in [1.29, 1.82) is 0 Å². The average Bonchev–Trinajstić information content (AvgIpc) is 2.72. The largest absolute Gasteiger partial charge is 0.306 e. The van der Waals surface area contributed by atoms with E-state index in [1.165, 1.54) is 22.5 Å². The smallest absolute Gasteiger partial charge is 0.0994 e. The van der Waals surface area contributed by atoms with Gasteiger partial charge in [-0.1, -0.05) is 6.07 Å². The first kappa shape index (κ1) is 13.8. The topological polar surface area (TPSA) is 29.9 Å². The van der Waals surface area contributed by atoms with Crippen LogP contribution in [0, 0.1) is 13.8 Å². The van der Waals surface area contributed by atoms with Gasteiger partial charge in [-0.2, -0.15) is 0 Å². The molecule has 0 fully saturated rings. The van der Waals surface area contributed by atoms with Gasteiger partial charge in [-0.25, -0.2) is 4.98 Å². The van der Waals surface area contributed by atoms with Gasteiger partial charge >= 0.3 is 0 Å². The van der Waals surface area contributed by atoms with Crippen LogP contribution < -0.4 is 5.32 Å². The van der Waals surface area contributed by atoms with Crippen molar-refractivity contribution in [3.8, 4) is 5.69 Å². The van der Waals surface area contributed by atoms with Gasteiger partial charge in [0.1, 0.15) is 0 Å². The maximum atomic E-state index is 4.28. The van der Waals surface area contributed by atoms with Gasteiger partial charge in [0.05, 0.1) is 12.0 Å². The number of nitrogens with zero attached hydrogens (tertiary/aromatic N) is 2. The molecule has 0 aliphatic rings. The molecular formula is C16H23N3. The second-order valence-corrected chi connectivity index (χ2v) is 6.20. The Hall–Kier alpha value is -1.61. The molecule has 102 valence electrons. The molecule has 0 atom stereocenters. The molecule has 1 aromatic carbocycles. The van der Waals surface area contributed by atoms with Gasteiger partial charge in [-0.3, -0.25) is 0 Å². The van der Waals surface area contributed by atoms with Crippen LogP contribution >= 0.6 is 0 Å². The molecule has 0 bridgehead atoms. The van der Waals surface area contributed by atoms with E-state index in [9.17, 15) is 0 Å². The molecule has 3 heteroatoms. The second-order valence-electron chi connectivity index (χ2n) is 6.20. The zero-order valence-corrected chi connectivity index (χ0v) is 12.5. The normalized spacial score (nSPS) is 11.8. The minimum atomic E-state index is 0.109. The van der Waals surface area contributed by atoms with Crippen LogP contribution in [0.1, 0.15) is 37.6 Å². The number of imidazole rings is 1. The standard InChI is InChI=1S/C16H23N3/c1-12-6-13(2)8-14(7-12)19-11-17-9-15(19)10-18-16(3,4)5/h6-9,11,18H,10H2,1-5H3. The maximum absolute atomic E-state index is 4.28. The molecule has 1 N–H and O–H groups in total. The maximum Gasteiger partial charge on any atom is 0.0994 e. The number of benzene rings is 1. The van der Waals surface area contributed by atoms with Crippen molar-refractivity contribution in [3.63, 3.8) is 0 Å². The fraction of sp³-hybridized carbons (Fsp3) is 0.438. The summed E-state index contributed by atoms with van der Waals surface area (Å²) in [4.78, 5) is 4.28. The summed E-state index contributed by atoms with van der Waals surface area (Å²) in [7, 11) is 0. The summed E-state index contributed by atoms with van der Waals surface area (Å²) in [5.74, 6) is 0. The Morgan fingerprint density at radius 1 is 1.11 bits per heavy atom. The van der Waals surface area contributed by atoms with Crippen molar-refractivity contribution in [2.75, 3.05) is 0 Å². The third-order valence-corrected chi connectivity index (χ3v) is 3.00. The van der Waals surface area contributed by atoms with Gasteiger partial charge in [0.25, 0.3) is 0 Å². The molecule has 0 amide bonds. The van der Waals surface area contributed by atoms with Gasteiger partial charge < -0.3 is 9.88 Å². The molecule has 0 spiro atoms. The van der Waals surface area contributed by atoms with Gasteiger partial charge in [-0.05, 0) is 57.9 Å². The molecule has 1 heterocycles. The molecule has 0 unspecified atom stereocenters. The number of hydrogen-bond donors (Lipinski definition) is 1. The quantitative estimate of drug-likeness (QED) is 0.913. The van der Waals surface area contributed by atoms with Crippen molar-refractivity contribution < 1.29 is 0 Å². The van der Waals surface area contributed by atoms with Crippen LogP contribution in [0.4, 0.5) is 0 Å². The van der Waals surface area contributed by atoms with E-state index >= 15 is 0 Å². The minimum absolute atomic E-state index is 0.109. The molecule has 2 rings (SSSR count). The van der Waals surface area contributed by atoms with E-state index in [2.05, 4.69) is 67.7 Å². The number of nitrogens with one attached hydrogen (secondary N) is 1. The van der Waals surface area contributed by atoms with Crippen LogP contribution in [0.5, 0.6) is 0 Å². The summed E-state index contributed by atoms with van der Waals surface area (Å²) >= 11 is 0. The molecule has 0 saturated carbocycles. The lowest BCUT2D eigenvalue weighted by atomic mass is 10.1. The van der Waals surface area contributed by atoms with Crippen molar-refractivity contribution in [3.05, 3.63) is 47.5 Å². The Bertz CT molecular complexity index is 541. The number of aromatic nitrogens is 2. The van der Waals surface area contributed by atoms with Gasteiger partial charge in [0, 0.05) is 24.0 Å². The highest BCUT2D eigenvalue weighted by Crippen LogP contribution is 2.16. The van der Waals surface area contributed by atoms with Crippen LogP contribution in [0.15, 0.2) is 30.7 Å². The van der Waals surface area contributed by atoms with Crippen LogP contribution in [0.2, 0.25) is 0 Å². The van der Waals surface area contributed by atoms with E-state index < -0.39 is 0 Å². The monoisotopic (exact) mass is 257 g/mol. The molecule has 0 aliphatic heterocycles. The highest BCUT2D eigenvalue weighted by molar-refractivity contribution is 5.40. The first-order chi connectivity index (χ1) is 8.85. The minimum Gasteiger partial charge on any atom is -0.306 e.